The molecule has 3 fully saturated rings. The van der Waals surface area contributed by atoms with Crippen LogP contribution in [0.5, 0.6) is 0 Å². The van der Waals surface area contributed by atoms with Crippen LogP contribution in [-0.4, -0.2) is 58.1 Å². The van der Waals surface area contributed by atoms with Crippen molar-refractivity contribution >= 4 is 5.97 Å². The second-order valence-corrected chi connectivity index (χ2v) is 6.61. The van der Waals surface area contributed by atoms with E-state index in [-0.39, 0.29) is 6.04 Å². The van der Waals surface area contributed by atoms with Gasteiger partial charge in [0.15, 0.2) is 0 Å². The van der Waals surface area contributed by atoms with Crippen molar-refractivity contribution in [1.29, 1.82) is 0 Å². The molecule has 0 spiro atoms. The van der Waals surface area contributed by atoms with Crippen LogP contribution in [0.4, 0.5) is 0 Å². The van der Waals surface area contributed by atoms with E-state index >= 15 is 0 Å². The van der Waals surface area contributed by atoms with E-state index < -0.39 is 5.97 Å². The molecule has 3 unspecified atom stereocenters. The number of nitrogens with zero attached hydrogens (tertiary/aromatic N) is 2. The summed E-state index contributed by atoms with van der Waals surface area (Å²) >= 11 is 0. The third-order valence-corrected chi connectivity index (χ3v) is 5.17. The standard InChI is InChI=1S/C15H26N2O2/c1-11-9-13(10-17(11)12-6-7-12)16-8-4-2-3-5-14(16)15(18)19/h11-14H,2-10H2,1H3,(H,18,19). The third kappa shape index (κ3) is 2.79. The Labute approximate surface area is 115 Å². The maximum absolute atomic E-state index is 11.5. The van der Waals surface area contributed by atoms with Crippen molar-refractivity contribution in [2.24, 2.45) is 0 Å². The van der Waals surface area contributed by atoms with Gasteiger partial charge in [0.25, 0.3) is 0 Å². The largest absolute Gasteiger partial charge is 0.480 e. The zero-order chi connectivity index (χ0) is 13.4. The fourth-order valence-electron chi connectivity index (χ4n) is 4.02. The molecule has 0 aromatic heterocycles. The molecular formula is C15H26N2O2. The highest BCUT2D eigenvalue weighted by Crippen LogP contribution is 2.36. The molecule has 4 heteroatoms. The highest BCUT2D eigenvalue weighted by Gasteiger charge is 2.43. The fourth-order valence-corrected chi connectivity index (χ4v) is 4.02. The smallest absolute Gasteiger partial charge is 0.320 e. The molecular weight excluding hydrogens is 240 g/mol. The molecule has 0 aromatic carbocycles. The van der Waals surface area contributed by atoms with Crippen molar-refractivity contribution in [3.8, 4) is 0 Å². The van der Waals surface area contributed by atoms with Crippen LogP contribution in [0.15, 0.2) is 0 Å². The average molecular weight is 266 g/mol. The Morgan fingerprint density at radius 1 is 1.05 bits per heavy atom. The second kappa shape index (κ2) is 5.41. The van der Waals surface area contributed by atoms with E-state index in [9.17, 15) is 9.90 Å². The van der Waals surface area contributed by atoms with Gasteiger partial charge in [-0.1, -0.05) is 12.8 Å². The number of rotatable bonds is 3. The van der Waals surface area contributed by atoms with Crippen molar-refractivity contribution in [2.75, 3.05) is 13.1 Å². The lowest BCUT2D eigenvalue weighted by atomic mass is 10.1. The van der Waals surface area contributed by atoms with Gasteiger partial charge in [-0.3, -0.25) is 14.6 Å². The minimum absolute atomic E-state index is 0.237. The van der Waals surface area contributed by atoms with Crippen LogP contribution in [0.1, 0.15) is 51.9 Å². The average Bonchev–Trinajstić information content (AvgIpc) is 3.17. The summed E-state index contributed by atoms with van der Waals surface area (Å²) in [5, 5.41) is 9.49. The monoisotopic (exact) mass is 266 g/mol. The van der Waals surface area contributed by atoms with Gasteiger partial charge in [0, 0.05) is 24.7 Å². The Hall–Kier alpha value is -0.610. The Morgan fingerprint density at radius 2 is 1.84 bits per heavy atom. The normalized spacial score (nSPS) is 38.3. The molecule has 0 radical (unpaired) electrons. The number of aliphatic carboxylic acids is 1. The number of likely N-dealkylation sites (tertiary alicyclic amines) is 2. The molecule has 108 valence electrons. The molecule has 3 aliphatic rings. The minimum atomic E-state index is -0.612. The summed E-state index contributed by atoms with van der Waals surface area (Å²) in [7, 11) is 0. The van der Waals surface area contributed by atoms with Crippen molar-refractivity contribution in [3.63, 3.8) is 0 Å². The molecule has 0 amide bonds. The summed E-state index contributed by atoms with van der Waals surface area (Å²) in [5.74, 6) is -0.612. The zero-order valence-electron chi connectivity index (χ0n) is 11.9. The van der Waals surface area contributed by atoms with Gasteiger partial charge in [-0.05, 0) is 45.6 Å². The Balaban J connectivity index is 1.69. The van der Waals surface area contributed by atoms with Gasteiger partial charge in [0.2, 0.25) is 0 Å². The maximum atomic E-state index is 11.5. The number of carboxylic acids is 1. The first-order valence-electron chi connectivity index (χ1n) is 7.91. The van der Waals surface area contributed by atoms with Gasteiger partial charge in [-0.2, -0.15) is 0 Å². The van der Waals surface area contributed by atoms with Crippen LogP contribution >= 0.6 is 0 Å². The molecule has 2 aliphatic heterocycles. The Bertz CT molecular complexity index is 343. The molecule has 2 heterocycles. The molecule has 0 bridgehead atoms. The van der Waals surface area contributed by atoms with E-state index in [1.807, 2.05) is 0 Å². The first-order valence-corrected chi connectivity index (χ1v) is 7.91. The van der Waals surface area contributed by atoms with E-state index in [2.05, 4.69) is 16.7 Å². The Kier molecular flexibility index (Phi) is 3.81. The van der Waals surface area contributed by atoms with Gasteiger partial charge in [-0.15, -0.1) is 0 Å². The minimum Gasteiger partial charge on any atom is -0.480 e. The van der Waals surface area contributed by atoms with E-state index in [0.29, 0.717) is 12.1 Å². The summed E-state index contributed by atoms with van der Waals surface area (Å²) in [6.07, 6.45) is 8.11. The quantitative estimate of drug-likeness (QED) is 0.848. The van der Waals surface area contributed by atoms with Crippen molar-refractivity contribution < 1.29 is 9.90 Å². The van der Waals surface area contributed by atoms with Crippen LogP contribution in [0.2, 0.25) is 0 Å². The SMILES string of the molecule is CC1CC(N2CCCCCC2C(=O)O)CN1C1CC1. The summed E-state index contributed by atoms with van der Waals surface area (Å²) in [6, 6.07) is 1.67. The fraction of sp³-hybridized carbons (Fsp3) is 0.933. The van der Waals surface area contributed by atoms with E-state index in [1.165, 1.54) is 19.3 Å². The second-order valence-electron chi connectivity index (χ2n) is 6.61. The lowest BCUT2D eigenvalue weighted by Gasteiger charge is -2.32. The lowest BCUT2D eigenvalue weighted by molar-refractivity contribution is -0.144. The summed E-state index contributed by atoms with van der Waals surface area (Å²) in [6.45, 7) is 4.38. The van der Waals surface area contributed by atoms with E-state index in [4.69, 9.17) is 0 Å². The van der Waals surface area contributed by atoms with Crippen molar-refractivity contribution in [1.82, 2.24) is 9.80 Å². The van der Waals surface area contributed by atoms with Crippen LogP contribution in [0.3, 0.4) is 0 Å². The molecule has 3 atom stereocenters. The van der Waals surface area contributed by atoms with Gasteiger partial charge in [0.05, 0.1) is 0 Å². The molecule has 4 nitrogen and oxygen atoms in total. The third-order valence-electron chi connectivity index (χ3n) is 5.17. The maximum Gasteiger partial charge on any atom is 0.320 e. The van der Waals surface area contributed by atoms with Gasteiger partial charge in [0.1, 0.15) is 6.04 Å². The molecule has 1 saturated carbocycles. The molecule has 1 aliphatic carbocycles. The first-order chi connectivity index (χ1) is 9.16. The highest BCUT2D eigenvalue weighted by atomic mass is 16.4. The topological polar surface area (TPSA) is 43.8 Å². The van der Waals surface area contributed by atoms with Crippen LogP contribution in [-0.2, 0) is 4.79 Å². The van der Waals surface area contributed by atoms with E-state index in [1.54, 1.807) is 0 Å². The van der Waals surface area contributed by atoms with E-state index in [0.717, 1.165) is 44.8 Å². The van der Waals surface area contributed by atoms with Gasteiger partial charge >= 0.3 is 5.97 Å². The summed E-state index contributed by atoms with van der Waals surface area (Å²) in [5.41, 5.74) is 0. The molecule has 2 saturated heterocycles. The number of hydrogen-bond donors (Lipinski definition) is 1. The highest BCUT2D eigenvalue weighted by molar-refractivity contribution is 5.73. The lowest BCUT2D eigenvalue weighted by Crippen LogP contribution is -2.48. The van der Waals surface area contributed by atoms with Crippen LogP contribution < -0.4 is 0 Å². The van der Waals surface area contributed by atoms with Gasteiger partial charge in [-0.25, -0.2) is 0 Å². The summed E-state index contributed by atoms with van der Waals surface area (Å²) in [4.78, 5) is 16.5. The first kappa shape index (κ1) is 13.4. The molecule has 19 heavy (non-hydrogen) atoms. The Morgan fingerprint density at radius 3 is 2.53 bits per heavy atom. The zero-order valence-corrected chi connectivity index (χ0v) is 11.9. The molecule has 3 rings (SSSR count). The van der Waals surface area contributed by atoms with Crippen LogP contribution in [0.25, 0.3) is 0 Å². The number of hydrogen-bond acceptors (Lipinski definition) is 3. The van der Waals surface area contributed by atoms with Crippen molar-refractivity contribution in [2.45, 2.75) is 76.0 Å². The van der Waals surface area contributed by atoms with Crippen molar-refractivity contribution in [3.05, 3.63) is 0 Å². The number of carboxylic acid groups (broad SMARTS) is 1. The molecule has 1 N–H and O–H groups in total. The summed E-state index contributed by atoms with van der Waals surface area (Å²) < 4.78 is 0. The van der Waals surface area contributed by atoms with Gasteiger partial charge < -0.3 is 5.11 Å². The molecule has 0 aromatic rings. The number of carbonyl (C=O) groups is 1. The predicted octanol–water partition coefficient (Wildman–Crippen LogP) is 1.94. The predicted molar refractivity (Wildman–Crippen MR) is 74.2 cm³/mol. The van der Waals surface area contributed by atoms with Crippen LogP contribution in [0, 0.1) is 0 Å².